The standard InChI is InChI=1S/C39H44F2N3/c1-3-5-7-9-23-42-25-19-31(20-26-42)34-29-38(32-11-15-35(40)16-12-32)44(39(30-34)33-13-17-36(41)18-14-33)37-21-27-43(28-22-37)24-10-8-6-4-2/h11-22,25-30H,3-10,23-24H2,1-2H3/q+3. The van der Waals surface area contributed by atoms with Gasteiger partial charge >= 0.3 is 0 Å². The lowest BCUT2D eigenvalue weighted by Crippen LogP contribution is -2.39. The third kappa shape index (κ3) is 8.02. The van der Waals surface area contributed by atoms with Crippen molar-refractivity contribution in [3.05, 3.63) is 121 Å². The number of pyridine rings is 3. The van der Waals surface area contributed by atoms with E-state index >= 15 is 0 Å². The van der Waals surface area contributed by atoms with Crippen molar-refractivity contribution in [1.82, 2.24) is 0 Å². The van der Waals surface area contributed by atoms with E-state index in [0.717, 1.165) is 58.8 Å². The number of hydrogen-bond donors (Lipinski definition) is 0. The van der Waals surface area contributed by atoms with Crippen LogP contribution in [0.15, 0.2) is 110 Å². The van der Waals surface area contributed by atoms with E-state index < -0.39 is 0 Å². The Bertz CT molecular complexity index is 1540. The lowest BCUT2D eigenvalue weighted by molar-refractivity contribution is -0.698. The summed E-state index contributed by atoms with van der Waals surface area (Å²) in [5.74, 6) is -0.545. The molecule has 3 aromatic heterocycles. The first-order valence-electron chi connectivity index (χ1n) is 16.2. The highest BCUT2D eigenvalue weighted by atomic mass is 19.1. The van der Waals surface area contributed by atoms with Crippen LogP contribution in [0.25, 0.3) is 39.3 Å². The zero-order chi connectivity index (χ0) is 30.7. The summed E-state index contributed by atoms with van der Waals surface area (Å²) >= 11 is 0. The molecular formula is C39H44F2N3+3. The van der Waals surface area contributed by atoms with Crippen LogP contribution in [0.5, 0.6) is 0 Å². The van der Waals surface area contributed by atoms with Gasteiger partial charge in [0.1, 0.15) is 24.7 Å². The average molecular weight is 593 g/mol. The number of nitrogens with zero attached hydrogens (tertiary/aromatic N) is 3. The Balaban J connectivity index is 1.61. The maximum atomic E-state index is 14.1. The molecule has 0 radical (unpaired) electrons. The molecule has 0 saturated heterocycles. The second-order valence-corrected chi connectivity index (χ2v) is 11.6. The van der Waals surface area contributed by atoms with E-state index in [9.17, 15) is 8.78 Å². The predicted octanol–water partition coefficient (Wildman–Crippen LogP) is 8.98. The van der Waals surface area contributed by atoms with Gasteiger partial charge in [0.2, 0.25) is 17.1 Å². The SMILES string of the molecule is CCCCCC[n+]1ccc(-c2cc(-c3ccc(F)cc3)[n+](-c3cc[n+](CCCCCC)cc3)c(-c3ccc(F)cc3)c2)cc1. The third-order valence-corrected chi connectivity index (χ3v) is 8.24. The van der Waals surface area contributed by atoms with Gasteiger partial charge in [-0.25, -0.2) is 17.9 Å². The van der Waals surface area contributed by atoms with Gasteiger partial charge < -0.3 is 0 Å². The molecule has 5 rings (SSSR count). The van der Waals surface area contributed by atoms with Crippen molar-refractivity contribution in [3.8, 4) is 39.3 Å². The Morgan fingerprint density at radius 3 is 1.32 bits per heavy atom. The molecular weight excluding hydrogens is 548 g/mol. The zero-order valence-corrected chi connectivity index (χ0v) is 26.1. The van der Waals surface area contributed by atoms with Crippen LogP contribution in [0, 0.1) is 11.6 Å². The lowest BCUT2D eigenvalue weighted by Gasteiger charge is -2.12. The zero-order valence-electron chi connectivity index (χ0n) is 26.1. The van der Waals surface area contributed by atoms with E-state index in [4.69, 9.17) is 0 Å². The van der Waals surface area contributed by atoms with Crippen LogP contribution in [0.4, 0.5) is 8.78 Å². The fraction of sp³-hybridized carbons (Fsp3) is 0.308. The van der Waals surface area contributed by atoms with Crippen molar-refractivity contribution in [2.45, 2.75) is 78.3 Å². The summed E-state index contributed by atoms with van der Waals surface area (Å²) in [5, 5.41) is 0. The van der Waals surface area contributed by atoms with E-state index in [0.29, 0.717) is 0 Å². The second-order valence-electron chi connectivity index (χ2n) is 11.6. The molecule has 5 aromatic rings. The monoisotopic (exact) mass is 592 g/mol. The van der Waals surface area contributed by atoms with Crippen LogP contribution in [0.3, 0.4) is 0 Å². The Morgan fingerprint density at radius 2 is 0.886 bits per heavy atom. The van der Waals surface area contributed by atoms with Gasteiger partial charge in [0.05, 0.1) is 12.1 Å². The van der Waals surface area contributed by atoms with Crippen molar-refractivity contribution in [2.75, 3.05) is 0 Å². The molecule has 0 bridgehead atoms. The molecule has 0 unspecified atom stereocenters. The molecule has 0 fully saturated rings. The van der Waals surface area contributed by atoms with E-state index in [1.165, 1.54) is 69.2 Å². The number of halogens is 2. The van der Waals surface area contributed by atoms with Gasteiger partial charge in [0, 0.05) is 48.2 Å². The lowest BCUT2D eigenvalue weighted by atomic mass is 9.99. The molecule has 5 heteroatoms. The fourth-order valence-electron chi connectivity index (χ4n) is 5.69. The van der Waals surface area contributed by atoms with Crippen molar-refractivity contribution < 1.29 is 22.5 Å². The molecule has 0 spiro atoms. The normalized spacial score (nSPS) is 11.2. The number of rotatable bonds is 14. The molecule has 0 N–H and O–H groups in total. The number of benzene rings is 2. The third-order valence-electron chi connectivity index (χ3n) is 8.24. The fourth-order valence-corrected chi connectivity index (χ4v) is 5.69. The highest BCUT2D eigenvalue weighted by Gasteiger charge is 2.26. The summed E-state index contributed by atoms with van der Waals surface area (Å²) in [6.45, 7) is 6.44. The van der Waals surface area contributed by atoms with E-state index in [-0.39, 0.29) is 11.6 Å². The molecule has 0 atom stereocenters. The van der Waals surface area contributed by atoms with Crippen molar-refractivity contribution in [3.63, 3.8) is 0 Å². The van der Waals surface area contributed by atoms with Gasteiger partial charge in [0.25, 0.3) is 0 Å². The van der Waals surface area contributed by atoms with Crippen LogP contribution in [0.2, 0.25) is 0 Å². The highest BCUT2D eigenvalue weighted by molar-refractivity contribution is 5.74. The van der Waals surface area contributed by atoms with Gasteiger partial charge in [-0.2, -0.15) is 4.57 Å². The summed E-state index contributed by atoms with van der Waals surface area (Å²) < 4.78 is 34.8. The van der Waals surface area contributed by atoms with E-state index in [2.05, 4.69) is 88.7 Å². The van der Waals surface area contributed by atoms with Crippen LogP contribution >= 0.6 is 0 Å². The number of unbranched alkanes of at least 4 members (excludes halogenated alkanes) is 6. The molecule has 3 nitrogen and oxygen atoms in total. The minimum absolute atomic E-state index is 0.273. The van der Waals surface area contributed by atoms with Gasteiger partial charge in [-0.15, -0.1) is 0 Å². The first kappa shape index (κ1) is 31.2. The maximum Gasteiger partial charge on any atom is 0.223 e. The van der Waals surface area contributed by atoms with Crippen LogP contribution in [0.1, 0.15) is 65.2 Å². The summed E-state index contributed by atoms with van der Waals surface area (Å²) in [6.07, 6.45) is 18.3. The average Bonchev–Trinajstić information content (AvgIpc) is 3.06. The molecule has 44 heavy (non-hydrogen) atoms. The summed E-state index contributed by atoms with van der Waals surface area (Å²) in [6, 6.07) is 26.2. The number of aryl methyl sites for hydroxylation is 2. The number of hydrogen-bond acceptors (Lipinski definition) is 0. The Morgan fingerprint density at radius 1 is 0.455 bits per heavy atom. The van der Waals surface area contributed by atoms with Crippen LogP contribution < -0.4 is 13.7 Å². The van der Waals surface area contributed by atoms with Gasteiger partial charge in [-0.05, 0) is 72.5 Å². The van der Waals surface area contributed by atoms with E-state index in [1.807, 2.05) is 24.3 Å². The molecule has 3 heterocycles. The molecule has 226 valence electrons. The van der Waals surface area contributed by atoms with Crippen LogP contribution in [-0.2, 0) is 13.1 Å². The Kier molecular flexibility index (Phi) is 11.0. The largest absolute Gasteiger partial charge is 0.223 e. The number of aromatic nitrogens is 3. The summed E-state index contributed by atoms with van der Waals surface area (Å²) in [4.78, 5) is 0. The van der Waals surface area contributed by atoms with Crippen molar-refractivity contribution >= 4 is 0 Å². The highest BCUT2D eigenvalue weighted by Crippen LogP contribution is 2.30. The molecule has 0 saturated carbocycles. The minimum atomic E-state index is -0.273. The van der Waals surface area contributed by atoms with Crippen LogP contribution in [-0.4, -0.2) is 0 Å². The quantitative estimate of drug-likeness (QED) is 0.0901. The Hall–Kier alpha value is -4.25. The summed E-state index contributed by atoms with van der Waals surface area (Å²) in [5.41, 5.74) is 6.77. The molecule has 0 aliphatic carbocycles. The van der Waals surface area contributed by atoms with Crippen molar-refractivity contribution in [1.29, 1.82) is 0 Å². The molecule has 0 aliphatic heterocycles. The molecule has 0 aliphatic rings. The molecule has 0 amide bonds. The topological polar surface area (TPSA) is 11.6 Å². The van der Waals surface area contributed by atoms with Gasteiger partial charge in [-0.1, -0.05) is 39.5 Å². The maximum absolute atomic E-state index is 14.1. The van der Waals surface area contributed by atoms with Crippen molar-refractivity contribution in [2.24, 2.45) is 0 Å². The summed E-state index contributed by atoms with van der Waals surface area (Å²) in [7, 11) is 0. The first-order chi connectivity index (χ1) is 21.6. The Labute approximate surface area is 261 Å². The predicted molar refractivity (Wildman–Crippen MR) is 173 cm³/mol. The van der Waals surface area contributed by atoms with Gasteiger partial charge in [0.15, 0.2) is 24.8 Å². The second kappa shape index (κ2) is 15.5. The minimum Gasteiger partial charge on any atom is -0.207 e. The smallest absolute Gasteiger partial charge is 0.207 e. The van der Waals surface area contributed by atoms with Gasteiger partial charge in [-0.3, -0.25) is 0 Å². The van der Waals surface area contributed by atoms with E-state index in [1.54, 1.807) is 0 Å². The molecule has 2 aromatic carbocycles. The first-order valence-corrected chi connectivity index (χ1v) is 16.2.